The van der Waals surface area contributed by atoms with E-state index in [2.05, 4.69) is 10.3 Å². The van der Waals surface area contributed by atoms with Gasteiger partial charge in [-0.15, -0.1) is 0 Å². The molecule has 0 spiro atoms. The van der Waals surface area contributed by atoms with E-state index in [0.717, 1.165) is 0 Å². The molecule has 18 heavy (non-hydrogen) atoms. The Morgan fingerprint density at radius 3 is 1.83 bits per heavy atom. The molecule has 0 aliphatic heterocycles. The van der Waals surface area contributed by atoms with Gasteiger partial charge in [0.25, 0.3) is 0 Å². The third-order valence-electron chi connectivity index (χ3n) is 2.40. The summed E-state index contributed by atoms with van der Waals surface area (Å²) in [5.74, 6) is -2.74. The summed E-state index contributed by atoms with van der Waals surface area (Å²) in [6.07, 6.45) is 0. The van der Waals surface area contributed by atoms with Crippen LogP contribution in [0.5, 0.6) is 0 Å². The monoisotopic (exact) mass is 259 g/mol. The highest BCUT2D eigenvalue weighted by atomic mass is 16.4. The molecule has 0 saturated heterocycles. The highest BCUT2D eigenvalue weighted by molar-refractivity contribution is 5.87. The van der Waals surface area contributed by atoms with Gasteiger partial charge in [0.05, 0.1) is 0 Å². The number of guanidine groups is 1. The van der Waals surface area contributed by atoms with Crippen molar-refractivity contribution in [2.24, 2.45) is 22.6 Å². The van der Waals surface area contributed by atoms with E-state index in [0.29, 0.717) is 0 Å². The molecule has 0 amide bonds. The number of aliphatic carboxylic acids is 2. The first kappa shape index (κ1) is 16.2. The van der Waals surface area contributed by atoms with Crippen molar-refractivity contribution in [3.05, 3.63) is 0 Å². The number of nitrogens with two attached hydrogens (primary N) is 1. The molecule has 0 fully saturated rings. The van der Waals surface area contributed by atoms with E-state index in [1.807, 2.05) is 0 Å². The van der Waals surface area contributed by atoms with Gasteiger partial charge in [0.2, 0.25) is 0 Å². The van der Waals surface area contributed by atoms with Gasteiger partial charge in [0.1, 0.15) is 6.04 Å². The molecule has 2 atom stereocenters. The van der Waals surface area contributed by atoms with Crippen molar-refractivity contribution >= 4 is 17.9 Å². The molecule has 7 nitrogen and oxygen atoms in total. The van der Waals surface area contributed by atoms with Crippen molar-refractivity contribution in [1.29, 1.82) is 0 Å². The molecule has 5 N–H and O–H groups in total. The van der Waals surface area contributed by atoms with Crippen LogP contribution in [0.3, 0.4) is 0 Å². The molecule has 0 bridgehead atoms. The maximum atomic E-state index is 10.9. The summed E-state index contributed by atoms with van der Waals surface area (Å²) in [4.78, 5) is 25.7. The summed E-state index contributed by atoms with van der Waals surface area (Å²) in [7, 11) is 0. The number of hydrogen-bond acceptors (Lipinski definition) is 3. The Bertz CT molecular complexity index is 339. The summed E-state index contributed by atoms with van der Waals surface area (Å²) in [5.41, 5.74) is 5.54. The topological polar surface area (TPSA) is 125 Å². The Hall–Kier alpha value is -1.79. The molecule has 7 heteroatoms. The van der Waals surface area contributed by atoms with Gasteiger partial charge in [-0.25, -0.2) is 14.6 Å². The first-order valence-corrected chi connectivity index (χ1v) is 5.72. The predicted octanol–water partition coefficient (Wildman–Crippen LogP) is 0.109. The molecule has 0 saturated carbocycles. The van der Waals surface area contributed by atoms with E-state index in [-0.39, 0.29) is 17.8 Å². The van der Waals surface area contributed by atoms with E-state index >= 15 is 0 Å². The lowest BCUT2D eigenvalue weighted by Gasteiger charge is -2.20. The summed E-state index contributed by atoms with van der Waals surface area (Å²) in [6, 6.07) is -1.88. The Kier molecular flexibility index (Phi) is 6.15. The number of rotatable bonds is 6. The second-order valence-electron chi connectivity index (χ2n) is 4.75. The van der Waals surface area contributed by atoms with Crippen molar-refractivity contribution in [2.75, 3.05) is 0 Å². The van der Waals surface area contributed by atoms with Crippen LogP contribution in [0.15, 0.2) is 4.99 Å². The van der Waals surface area contributed by atoms with Crippen LogP contribution in [-0.2, 0) is 9.59 Å². The van der Waals surface area contributed by atoms with Crippen LogP contribution in [0.4, 0.5) is 0 Å². The summed E-state index contributed by atoms with van der Waals surface area (Å²) in [6.45, 7) is 6.84. The van der Waals surface area contributed by atoms with Crippen molar-refractivity contribution < 1.29 is 19.8 Å². The number of carboxylic acids is 2. The summed E-state index contributed by atoms with van der Waals surface area (Å²) >= 11 is 0. The molecule has 2 unspecified atom stereocenters. The standard InChI is InChI=1S/C11H21N3O4/c1-5(2)7(9(15)16)13-11(12)14-8(6(3)4)10(17)18/h5-8H,1-4H3,(H,15,16)(H,17,18)(H3,12,13,14). The normalized spacial score (nSPS) is 15.6. The van der Waals surface area contributed by atoms with Crippen LogP contribution in [0.1, 0.15) is 27.7 Å². The Morgan fingerprint density at radius 2 is 1.56 bits per heavy atom. The van der Waals surface area contributed by atoms with Gasteiger partial charge >= 0.3 is 11.9 Å². The molecule has 0 aromatic carbocycles. The van der Waals surface area contributed by atoms with Gasteiger partial charge in [0, 0.05) is 0 Å². The Morgan fingerprint density at radius 1 is 1.06 bits per heavy atom. The molecule has 0 rings (SSSR count). The third-order valence-corrected chi connectivity index (χ3v) is 2.40. The molecular formula is C11H21N3O4. The Labute approximate surface area is 106 Å². The van der Waals surface area contributed by atoms with Gasteiger partial charge in [-0.1, -0.05) is 27.7 Å². The fourth-order valence-electron chi connectivity index (χ4n) is 1.35. The number of aliphatic imine (C=N–C) groups is 1. The number of nitrogens with zero attached hydrogens (tertiary/aromatic N) is 1. The lowest BCUT2D eigenvalue weighted by Crippen LogP contribution is -2.48. The van der Waals surface area contributed by atoms with Crippen molar-refractivity contribution in [2.45, 2.75) is 39.8 Å². The number of carbonyl (C=O) groups is 2. The van der Waals surface area contributed by atoms with E-state index in [1.165, 1.54) is 0 Å². The highest BCUT2D eigenvalue weighted by Crippen LogP contribution is 2.07. The van der Waals surface area contributed by atoms with Crippen LogP contribution in [0.2, 0.25) is 0 Å². The largest absolute Gasteiger partial charge is 0.480 e. The second kappa shape index (κ2) is 6.83. The van der Waals surface area contributed by atoms with Crippen LogP contribution in [0.25, 0.3) is 0 Å². The molecule has 0 aliphatic rings. The summed E-state index contributed by atoms with van der Waals surface area (Å²) in [5, 5.41) is 20.4. The molecule has 0 aliphatic carbocycles. The van der Waals surface area contributed by atoms with E-state index in [4.69, 9.17) is 15.9 Å². The van der Waals surface area contributed by atoms with Crippen molar-refractivity contribution in [3.63, 3.8) is 0 Å². The van der Waals surface area contributed by atoms with Crippen molar-refractivity contribution in [1.82, 2.24) is 5.32 Å². The molecular weight excluding hydrogens is 238 g/mol. The van der Waals surface area contributed by atoms with Gasteiger partial charge in [0.15, 0.2) is 12.0 Å². The zero-order valence-corrected chi connectivity index (χ0v) is 11.0. The molecule has 0 aromatic heterocycles. The molecule has 0 aromatic rings. The maximum Gasteiger partial charge on any atom is 0.328 e. The van der Waals surface area contributed by atoms with Crippen molar-refractivity contribution in [3.8, 4) is 0 Å². The first-order chi connectivity index (χ1) is 8.16. The van der Waals surface area contributed by atoms with Gasteiger partial charge < -0.3 is 21.3 Å². The maximum absolute atomic E-state index is 10.9. The van der Waals surface area contributed by atoms with E-state index in [9.17, 15) is 9.59 Å². The minimum Gasteiger partial charge on any atom is -0.480 e. The number of carboxylic acid groups (broad SMARTS) is 2. The first-order valence-electron chi connectivity index (χ1n) is 5.72. The average molecular weight is 259 g/mol. The lowest BCUT2D eigenvalue weighted by molar-refractivity contribution is -0.140. The Balaban J connectivity index is 4.86. The number of nitrogens with one attached hydrogen (secondary N) is 1. The zero-order valence-electron chi connectivity index (χ0n) is 11.0. The average Bonchev–Trinajstić information content (AvgIpc) is 2.20. The van der Waals surface area contributed by atoms with Gasteiger partial charge in [-0.05, 0) is 11.8 Å². The zero-order chi connectivity index (χ0) is 14.5. The third kappa shape index (κ3) is 5.03. The van der Waals surface area contributed by atoms with E-state index < -0.39 is 24.0 Å². The second-order valence-corrected chi connectivity index (χ2v) is 4.75. The SMILES string of the molecule is CC(C)C(N=C(N)NC(C(=O)O)C(C)C)C(=O)O. The minimum absolute atomic E-state index is 0.169. The van der Waals surface area contributed by atoms with Gasteiger partial charge in [-0.2, -0.15) is 0 Å². The lowest BCUT2D eigenvalue weighted by atomic mass is 10.0. The fraction of sp³-hybridized carbons (Fsp3) is 0.727. The minimum atomic E-state index is -1.09. The molecule has 0 heterocycles. The van der Waals surface area contributed by atoms with Gasteiger partial charge in [-0.3, -0.25) is 0 Å². The smallest absolute Gasteiger partial charge is 0.328 e. The molecule has 0 radical (unpaired) electrons. The molecule has 104 valence electrons. The van der Waals surface area contributed by atoms with Crippen LogP contribution in [-0.4, -0.2) is 40.2 Å². The van der Waals surface area contributed by atoms with E-state index in [1.54, 1.807) is 27.7 Å². The number of hydrogen-bond donors (Lipinski definition) is 4. The van der Waals surface area contributed by atoms with Crippen LogP contribution < -0.4 is 11.1 Å². The fourth-order valence-corrected chi connectivity index (χ4v) is 1.35. The van der Waals surface area contributed by atoms with Crippen LogP contribution >= 0.6 is 0 Å². The predicted molar refractivity (Wildman–Crippen MR) is 67.3 cm³/mol. The quantitative estimate of drug-likeness (QED) is 0.396. The highest BCUT2D eigenvalue weighted by Gasteiger charge is 2.24. The van der Waals surface area contributed by atoms with Crippen LogP contribution in [0, 0.1) is 11.8 Å². The summed E-state index contributed by atoms with van der Waals surface area (Å²) < 4.78 is 0.